The van der Waals surface area contributed by atoms with Gasteiger partial charge in [-0.25, -0.2) is 4.98 Å². The van der Waals surface area contributed by atoms with Gasteiger partial charge in [0.15, 0.2) is 0 Å². The van der Waals surface area contributed by atoms with E-state index in [1.54, 1.807) is 7.11 Å². The average Bonchev–Trinajstić information content (AvgIpc) is 2.58. The Morgan fingerprint density at radius 1 is 1.53 bits per heavy atom. The number of hydrogen-bond acceptors (Lipinski definition) is 4. The SMILES string of the molecule is COC1CC(NCc2cnc(N(C)C)n2C)C1. The molecular weight excluding hydrogens is 216 g/mol. The van der Waals surface area contributed by atoms with Crippen molar-refractivity contribution >= 4 is 5.95 Å². The lowest BCUT2D eigenvalue weighted by Gasteiger charge is -2.34. The lowest BCUT2D eigenvalue weighted by atomic mass is 9.89. The van der Waals surface area contributed by atoms with Gasteiger partial charge in [-0.2, -0.15) is 0 Å². The Morgan fingerprint density at radius 3 is 2.76 bits per heavy atom. The van der Waals surface area contributed by atoms with Crippen LogP contribution in [0.3, 0.4) is 0 Å². The minimum Gasteiger partial charge on any atom is -0.381 e. The molecule has 1 N–H and O–H groups in total. The van der Waals surface area contributed by atoms with E-state index >= 15 is 0 Å². The monoisotopic (exact) mass is 238 g/mol. The number of methoxy groups -OCH3 is 1. The van der Waals surface area contributed by atoms with Gasteiger partial charge in [0, 0.05) is 40.8 Å². The molecule has 1 aliphatic rings. The molecule has 0 amide bonds. The number of ether oxygens (including phenoxy) is 1. The molecule has 0 atom stereocenters. The van der Waals surface area contributed by atoms with Crippen LogP contribution in [-0.4, -0.2) is 42.9 Å². The molecule has 1 aromatic heterocycles. The molecule has 0 saturated heterocycles. The normalized spacial score (nSPS) is 23.5. The lowest BCUT2D eigenvalue weighted by molar-refractivity contribution is 0.0168. The van der Waals surface area contributed by atoms with E-state index in [9.17, 15) is 0 Å². The van der Waals surface area contributed by atoms with Crippen LogP contribution < -0.4 is 10.2 Å². The van der Waals surface area contributed by atoms with Crippen LogP contribution >= 0.6 is 0 Å². The molecule has 5 nitrogen and oxygen atoms in total. The van der Waals surface area contributed by atoms with Gasteiger partial charge in [0.05, 0.1) is 18.0 Å². The van der Waals surface area contributed by atoms with Crippen LogP contribution in [0.4, 0.5) is 5.95 Å². The summed E-state index contributed by atoms with van der Waals surface area (Å²) >= 11 is 0. The van der Waals surface area contributed by atoms with Gasteiger partial charge in [-0.3, -0.25) is 0 Å². The largest absolute Gasteiger partial charge is 0.381 e. The van der Waals surface area contributed by atoms with Crippen molar-refractivity contribution in [2.75, 3.05) is 26.1 Å². The molecule has 0 aromatic carbocycles. The summed E-state index contributed by atoms with van der Waals surface area (Å²) in [5.74, 6) is 0.991. The fraction of sp³-hybridized carbons (Fsp3) is 0.750. The fourth-order valence-electron chi connectivity index (χ4n) is 2.19. The zero-order valence-corrected chi connectivity index (χ0v) is 11.1. The molecule has 1 saturated carbocycles. The van der Waals surface area contributed by atoms with Crippen LogP contribution in [0.25, 0.3) is 0 Å². The van der Waals surface area contributed by atoms with Gasteiger partial charge < -0.3 is 19.5 Å². The van der Waals surface area contributed by atoms with Gasteiger partial charge in [0.1, 0.15) is 0 Å². The summed E-state index contributed by atoms with van der Waals surface area (Å²) in [7, 11) is 7.85. The van der Waals surface area contributed by atoms with Gasteiger partial charge in [-0.15, -0.1) is 0 Å². The van der Waals surface area contributed by atoms with E-state index in [1.807, 2.05) is 25.2 Å². The maximum absolute atomic E-state index is 5.26. The first kappa shape index (κ1) is 12.4. The molecule has 1 aliphatic carbocycles. The van der Waals surface area contributed by atoms with Gasteiger partial charge in [0.25, 0.3) is 0 Å². The van der Waals surface area contributed by atoms with Crippen LogP contribution in [0.5, 0.6) is 0 Å². The predicted molar refractivity (Wildman–Crippen MR) is 68.2 cm³/mol. The van der Waals surface area contributed by atoms with Crippen molar-refractivity contribution in [3.63, 3.8) is 0 Å². The third kappa shape index (κ3) is 2.61. The summed E-state index contributed by atoms with van der Waals surface area (Å²) in [4.78, 5) is 6.41. The van der Waals surface area contributed by atoms with Crippen molar-refractivity contribution in [1.82, 2.24) is 14.9 Å². The summed E-state index contributed by atoms with van der Waals surface area (Å²) in [6, 6.07) is 0.595. The Bertz CT molecular complexity index is 369. The van der Waals surface area contributed by atoms with Gasteiger partial charge in [-0.05, 0) is 12.8 Å². The Kier molecular flexibility index (Phi) is 3.69. The lowest BCUT2D eigenvalue weighted by Crippen LogP contribution is -2.44. The van der Waals surface area contributed by atoms with Crippen molar-refractivity contribution in [3.8, 4) is 0 Å². The zero-order chi connectivity index (χ0) is 12.4. The molecule has 17 heavy (non-hydrogen) atoms. The molecule has 0 bridgehead atoms. The molecule has 1 fully saturated rings. The average molecular weight is 238 g/mol. The standard InChI is InChI=1S/C12H22N4O/c1-15(2)12-14-8-10(16(12)3)7-13-9-5-11(6-9)17-4/h8-9,11,13H,5-7H2,1-4H3. The summed E-state index contributed by atoms with van der Waals surface area (Å²) in [6.45, 7) is 0.873. The van der Waals surface area contributed by atoms with E-state index in [2.05, 4.69) is 21.9 Å². The molecule has 0 aliphatic heterocycles. The molecule has 2 rings (SSSR count). The summed E-state index contributed by atoms with van der Waals surface area (Å²) in [6.07, 6.45) is 4.63. The number of imidazole rings is 1. The van der Waals surface area contributed by atoms with Gasteiger partial charge in [-0.1, -0.05) is 0 Å². The highest BCUT2D eigenvalue weighted by Gasteiger charge is 2.28. The fourth-order valence-corrected chi connectivity index (χ4v) is 2.19. The first-order valence-electron chi connectivity index (χ1n) is 6.06. The second-order valence-corrected chi connectivity index (χ2v) is 4.91. The number of aromatic nitrogens is 2. The van der Waals surface area contributed by atoms with Crippen molar-refractivity contribution in [2.24, 2.45) is 7.05 Å². The van der Waals surface area contributed by atoms with E-state index in [0.29, 0.717) is 12.1 Å². The first-order valence-corrected chi connectivity index (χ1v) is 6.06. The summed E-state index contributed by atoms with van der Waals surface area (Å²) < 4.78 is 7.39. The Hall–Kier alpha value is -1.07. The van der Waals surface area contributed by atoms with Gasteiger partial charge in [0.2, 0.25) is 5.95 Å². The highest BCUT2D eigenvalue weighted by molar-refractivity contribution is 5.30. The highest BCUT2D eigenvalue weighted by Crippen LogP contribution is 2.23. The second kappa shape index (κ2) is 5.06. The number of nitrogens with zero attached hydrogens (tertiary/aromatic N) is 3. The topological polar surface area (TPSA) is 42.3 Å². The van der Waals surface area contributed by atoms with Crippen molar-refractivity contribution in [3.05, 3.63) is 11.9 Å². The maximum Gasteiger partial charge on any atom is 0.204 e. The highest BCUT2D eigenvalue weighted by atomic mass is 16.5. The zero-order valence-electron chi connectivity index (χ0n) is 11.1. The van der Waals surface area contributed by atoms with E-state index in [4.69, 9.17) is 4.74 Å². The molecule has 0 radical (unpaired) electrons. The van der Waals surface area contributed by atoms with Crippen molar-refractivity contribution in [1.29, 1.82) is 0 Å². The van der Waals surface area contributed by atoms with E-state index in [-0.39, 0.29) is 0 Å². The van der Waals surface area contributed by atoms with Crippen LogP contribution in [0, 0.1) is 0 Å². The van der Waals surface area contributed by atoms with E-state index < -0.39 is 0 Å². The number of anilines is 1. The van der Waals surface area contributed by atoms with E-state index in [1.165, 1.54) is 5.69 Å². The van der Waals surface area contributed by atoms with Gasteiger partial charge >= 0.3 is 0 Å². The van der Waals surface area contributed by atoms with Crippen LogP contribution in [0.15, 0.2) is 6.20 Å². The number of hydrogen-bond donors (Lipinski definition) is 1. The van der Waals surface area contributed by atoms with Crippen LogP contribution in [0.1, 0.15) is 18.5 Å². The molecular formula is C12H22N4O. The number of rotatable bonds is 5. The quantitative estimate of drug-likeness (QED) is 0.822. The Labute approximate surface area is 103 Å². The van der Waals surface area contributed by atoms with Crippen molar-refractivity contribution in [2.45, 2.75) is 31.5 Å². The molecule has 0 unspecified atom stereocenters. The molecule has 1 aromatic rings. The minimum atomic E-state index is 0.455. The van der Waals surface area contributed by atoms with Crippen LogP contribution in [0.2, 0.25) is 0 Å². The number of nitrogens with one attached hydrogen (secondary N) is 1. The molecule has 0 spiro atoms. The van der Waals surface area contributed by atoms with Crippen molar-refractivity contribution < 1.29 is 4.74 Å². The molecule has 5 heteroatoms. The Morgan fingerprint density at radius 2 is 2.24 bits per heavy atom. The third-order valence-electron chi connectivity index (χ3n) is 3.46. The minimum absolute atomic E-state index is 0.455. The first-order chi connectivity index (χ1) is 8.11. The van der Waals surface area contributed by atoms with E-state index in [0.717, 1.165) is 25.3 Å². The predicted octanol–water partition coefficient (Wildman–Crippen LogP) is 0.753. The third-order valence-corrected chi connectivity index (χ3v) is 3.46. The molecule has 1 heterocycles. The second-order valence-electron chi connectivity index (χ2n) is 4.91. The maximum atomic E-state index is 5.26. The Balaban J connectivity index is 1.84. The summed E-state index contributed by atoms with van der Waals surface area (Å²) in [5, 5.41) is 3.53. The molecule has 96 valence electrons. The summed E-state index contributed by atoms with van der Waals surface area (Å²) in [5.41, 5.74) is 1.22. The van der Waals surface area contributed by atoms with Crippen LogP contribution in [-0.2, 0) is 18.3 Å². The smallest absolute Gasteiger partial charge is 0.204 e.